The molecule has 1 fully saturated rings. The highest BCUT2D eigenvalue weighted by atomic mass is 79.9. The molecule has 4 nitrogen and oxygen atoms in total. The number of rotatable bonds is 5. The number of halogens is 1. The minimum Gasteiger partial charge on any atom is -0.507 e. The molecule has 0 spiro atoms. The number of aromatic hydroxyl groups is 1. The van der Waals surface area contributed by atoms with Gasteiger partial charge in [0.05, 0.1) is 22.7 Å². The second-order valence-electron chi connectivity index (χ2n) is 10.9. The van der Waals surface area contributed by atoms with Crippen LogP contribution in [0.15, 0.2) is 46.5 Å². The molecule has 1 aliphatic rings. The van der Waals surface area contributed by atoms with Crippen LogP contribution in [0.2, 0.25) is 0 Å². The molecule has 0 amide bonds. The van der Waals surface area contributed by atoms with Crippen LogP contribution < -0.4 is 0 Å². The molecule has 172 valence electrons. The normalized spacial score (nSPS) is 18.4. The maximum Gasteiger partial charge on any atom is 0.182 e. The third-order valence-corrected chi connectivity index (χ3v) is 6.59. The molecule has 2 aromatic rings. The van der Waals surface area contributed by atoms with E-state index in [0.717, 1.165) is 36.3 Å². The monoisotopic (exact) mass is 498 g/mol. The van der Waals surface area contributed by atoms with Crippen LogP contribution in [0.3, 0.4) is 0 Å². The zero-order valence-electron chi connectivity index (χ0n) is 20.1. The van der Waals surface area contributed by atoms with E-state index in [2.05, 4.69) is 90.9 Å². The van der Waals surface area contributed by atoms with Gasteiger partial charge in [-0.15, -0.1) is 0 Å². The molecule has 0 bridgehead atoms. The summed E-state index contributed by atoms with van der Waals surface area (Å²) in [5.41, 5.74) is 3.02. The lowest BCUT2D eigenvalue weighted by Gasteiger charge is -2.28. The highest BCUT2D eigenvalue weighted by Crippen LogP contribution is 2.40. The maximum absolute atomic E-state index is 13.4. The van der Waals surface area contributed by atoms with Crippen molar-refractivity contribution in [3.8, 4) is 5.75 Å². The molecule has 1 atom stereocenters. The second kappa shape index (κ2) is 9.38. The summed E-state index contributed by atoms with van der Waals surface area (Å²) in [5.74, 6) is 1.58. The van der Waals surface area contributed by atoms with E-state index in [1.807, 2.05) is 18.2 Å². The van der Waals surface area contributed by atoms with Crippen molar-refractivity contribution < 1.29 is 9.90 Å². The molecule has 0 aliphatic carbocycles. The van der Waals surface area contributed by atoms with E-state index in [0.29, 0.717) is 17.2 Å². The van der Waals surface area contributed by atoms with Crippen molar-refractivity contribution in [3.63, 3.8) is 0 Å². The van der Waals surface area contributed by atoms with Crippen LogP contribution in [-0.2, 0) is 17.3 Å². The summed E-state index contributed by atoms with van der Waals surface area (Å²) in [5, 5.41) is 11.0. The predicted octanol–water partition coefficient (Wildman–Crippen LogP) is 6.44. The zero-order chi connectivity index (χ0) is 23.7. The summed E-state index contributed by atoms with van der Waals surface area (Å²) in [6.45, 7) is 13.5. The number of nitrogens with zero attached hydrogens (tertiary/aromatic N) is 2. The van der Waals surface area contributed by atoms with E-state index < -0.39 is 0 Å². The van der Waals surface area contributed by atoms with Crippen molar-refractivity contribution in [2.75, 3.05) is 13.1 Å². The average molecular weight is 499 g/mol. The van der Waals surface area contributed by atoms with Crippen LogP contribution in [0.5, 0.6) is 5.75 Å². The van der Waals surface area contributed by atoms with Crippen molar-refractivity contribution in [2.24, 2.45) is 9.94 Å². The lowest BCUT2D eigenvalue weighted by Crippen LogP contribution is -2.33. The van der Waals surface area contributed by atoms with Gasteiger partial charge < -0.3 is 10.0 Å². The topological polar surface area (TPSA) is 52.9 Å². The summed E-state index contributed by atoms with van der Waals surface area (Å²) in [6, 6.07) is 14.2. The fraction of sp³-hybridized carbons (Fsp3) is 0.481. The van der Waals surface area contributed by atoms with Crippen molar-refractivity contribution in [1.29, 1.82) is 0 Å². The third kappa shape index (κ3) is 5.43. The Hall–Kier alpha value is -2.14. The minimum absolute atomic E-state index is 0.0509. The van der Waals surface area contributed by atoms with Crippen LogP contribution in [0.25, 0.3) is 0 Å². The molecule has 5 heteroatoms. The molecule has 0 radical (unpaired) electrons. The van der Waals surface area contributed by atoms with Crippen molar-refractivity contribution in [3.05, 3.63) is 64.7 Å². The maximum atomic E-state index is 13.4. The average Bonchev–Trinajstić information content (AvgIpc) is 3.08. The Morgan fingerprint density at radius 2 is 1.62 bits per heavy atom. The summed E-state index contributed by atoms with van der Waals surface area (Å²) in [4.78, 5) is 15.5. The van der Waals surface area contributed by atoms with Gasteiger partial charge in [0.1, 0.15) is 11.6 Å². The number of hydrogen-bond donors (Lipinski definition) is 1. The van der Waals surface area contributed by atoms with Gasteiger partial charge in [-0.05, 0) is 41.4 Å². The van der Waals surface area contributed by atoms with E-state index in [-0.39, 0.29) is 23.2 Å². The number of carbonyl (C=O) groups is 1. The van der Waals surface area contributed by atoms with Gasteiger partial charge in [-0.25, -0.2) is 0 Å². The summed E-state index contributed by atoms with van der Waals surface area (Å²) in [6.07, 6.45) is 1.89. The van der Waals surface area contributed by atoms with Crippen molar-refractivity contribution in [2.45, 2.75) is 65.2 Å². The first-order valence-corrected chi connectivity index (χ1v) is 12.0. The molecule has 0 aromatic heterocycles. The quantitative estimate of drug-likeness (QED) is 0.482. The van der Waals surface area contributed by atoms with E-state index in [4.69, 9.17) is 0 Å². The Morgan fingerprint density at radius 3 is 2.12 bits per heavy atom. The molecule has 1 aliphatic heterocycles. The Bertz CT molecular complexity index is 966. The van der Waals surface area contributed by atoms with Gasteiger partial charge in [-0.2, -0.15) is 4.02 Å². The standard InChI is InChI=1S/C27H35BrN2O2/c1-26(2,3)21-15-20(16-22(24(21)32)27(4,5)6)23(31)17-30-13-12-19(25(30)29-28)14-18-10-8-7-9-11-18/h7-11,15-16,19,32H,12-14,17H2,1-6H3. The molecular weight excluding hydrogens is 464 g/mol. The molecule has 1 saturated heterocycles. The van der Waals surface area contributed by atoms with Gasteiger partial charge >= 0.3 is 0 Å². The molecular formula is C27H35BrN2O2. The van der Waals surface area contributed by atoms with Crippen LogP contribution >= 0.6 is 16.1 Å². The summed E-state index contributed by atoms with van der Waals surface area (Å²) >= 11 is 3.30. The van der Waals surface area contributed by atoms with Gasteiger partial charge in [0.2, 0.25) is 0 Å². The zero-order valence-corrected chi connectivity index (χ0v) is 21.7. The van der Waals surface area contributed by atoms with Gasteiger partial charge in [0, 0.05) is 29.2 Å². The van der Waals surface area contributed by atoms with Crippen LogP contribution in [0, 0.1) is 5.92 Å². The SMILES string of the molecule is CC(C)(C)c1cc(C(=O)CN2CCC(Cc3ccccc3)C2=NBr)cc(C(C)(C)C)c1O. The lowest BCUT2D eigenvalue weighted by atomic mass is 9.78. The van der Waals surface area contributed by atoms with Gasteiger partial charge in [0.15, 0.2) is 5.78 Å². The fourth-order valence-corrected chi connectivity index (χ4v) is 4.91. The van der Waals surface area contributed by atoms with Crippen molar-refractivity contribution >= 4 is 27.8 Å². The smallest absolute Gasteiger partial charge is 0.182 e. The molecule has 1 unspecified atom stereocenters. The summed E-state index contributed by atoms with van der Waals surface area (Å²) in [7, 11) is 0. The molecule has 1 N–H and O–H groups in total. The molecule has 3 rings (SSSR count). The molecule has 32 heavy (non-hydrogen) atoms. The molecule has 1 heterocycles. The van der Waals surface area contributed by atoms with Gasteiger partial charge in [-0.1, -0.05) is 71.9 Å². The van der Waals surface area contributed by atoms with E-state index in [9.17, 15) is 9.90 Å². The first-order chi connectivity index (χ1) is 14.9. The number of hydrogen-bond acceptors (Lipinski definition) is 3. The highest BCUT2D eigenvalue weighted by Gasteiger charge is 2.32. The Balaban J connectivity index is 1.85. The Labute approximate surface area is 201 Å². The van der Waals surface area contributed by atoms with Gasteiger partial charge in [0.25, 0.3) is 0 Å². The van der Waals surface area contributed by atoms with Crippen LogP contribution in [0.1, 0.15) is 75.0 Å². The minimum atomic E-state index is -0.267. The number of likely N-dealkylation sites (tertiary alicyclic amines) is 1. The number of phenolic OH excluding ortho intramolecular Hbond substituents is 1. The number of phenols is 1. The highest BCUT2D eigenvalue weighted by molar-refractivity contribution is 9.08. The van der Waals surface area contributed by atoms with E-state index >= 15 is 0 Å². The van der Waals surface area contributed by atoms with E-state index in [1.165, 1.54) is 5.56 Å². The number of Topliss-reactive ketones (excluding diaryl/α,β-unsaturated/α-hetero) is 1. The van der Waals surface area contributed by atoms with Crippen LogP contribution in [0.4, 0.5) is 0 Å². The van der Waals surface area contributed by atoms with E-state index in [1.54, 1.807) is 0 Å². The third-order valence-electron chi connectivity index (χ3n) is 6.23. The Kier molecular flexibility index (Phi) is 7.18. The first-order valence-electron chi connectivity index (χ1n) is 11.3. The van der Waals surface area contributed by atoms with Crippen molar-refractivity contribution in [1.82, 2.24) is 4.90 Å². The first kappa shape index (κ1) is 24.5. The number of amidine groups is 1. The fourth-order valence-electron chi connectivity index (χ4n) is 4.39. The van der Waals surface area contributed by atoms with Crippen LogP contribution in [-0.4, -0.2) is 34.7 Å². The molecule has 2 aromatic carbocycles. The summed E-state index contributed by atoms with van der Waals surface area (Å²) < 4.78 is 4.38. The Morgan fingerprint density at radius 1 is 1.06 bits per heavy atom. The lowest BCUT2D eigenvalue weighted by molar-refractivity contribution is 0.0966. The number of ketones is 1. The predicted molar refractivity (Wildman–Crippen MR) is 136 cm³/mol. The largest absolute Gasteiger partial charge is 0.507 e. The molecule has 0 saturated carbocycles. The number of benzene rings is 2. The second-order valence-corrected chi connectivity index (χ2v) is 11.2. The van der Waals surface area contributed by atoms with Gasteiger partial charge in [-0.3, -0.25) is 4.79 Å². The number of carbonyl (C=O) groups excluding carboxylic acids is 1.